The van der Waals surface area contributed by atoms with Gasteiger partial charge in [0.05, 0.1) is 0 Å². The molecule has 0 fully saturated rings. The number of nitrogens with zero attached hydrogens (tertiary/aromatic N) is 4. The molecule has 0 aliphatic rings. The van der Waals surface area contributed by atoms with Gasteiger partial charge in [-0.05, 0) is 43.3 Å². The molecule has 0 N–H and O–H groups in total. The van der Waals surface area contributed by atoms with E-state index in [2.05, 4.69) is 15.2 Å². The molecule has 1 aromatic carbocycles. The Kier molecular flexibility index (Phi) is 5.27. The Balaban J connectivity index is 2.02. The molecule has 0 aliphatic carbocycles. The summed E-state index contributed by atoms with van der Waals surface area (Å²) in [7, 11) is 0. The van der Waals surface area contributed by atoms with Crippen LogP contribution in [0.4, 0.5) is 0 Å². The van der Waals surface area contributed by atoms with Crippen LogP contribution in [0.5, 0.6) is 0 Å². The standard InChI is InChI=1S/C17H15ClN4OS/c1-12(23)8-11-24-17-21-20-16(13-6-9-19-10-7-13)22(17)15-4-2-14(18)3-5-15/h2-7,9-10H,8,11H2,1H3. The van der Waals surface area contributed by atoms with Crippen LogP contribution in [0.25, 0.3) is 17.1 Å². The largest absolute Gasteiger partial charge is 0.300 e. The van der Waals surface area contributed by atoms with Crippen molar-refractivity contribution >= 4 is 29.1 Å². The quantitative estimate of drug-likeness (QED) is 0.622. The van der Waals surface area contributed by atoms with E-state index in [1.54, 1.807) is 19.3 Å². The van der Waals surface area contributed by atoms with Gasteiger partial charge in [-0.15, -0.1) is 10.2 Å². The molecule has 3 rings (SSSR count). The number of carbonyl (C=O) groups is 1. The number of halogens is 1. The van der Waals surface area contributed by atoms with Crippen LogP contribution >= 0.6 is 23.4 Å². The van der Waals surface area contributed by atoms with Gasteiger partial charge in [-0.2, -0.15) is 0 Å². The summed E-state index contributed by atoms with van der Waals surface area (Å²) in [6.45, 7) is 1.59. The molecule has 0 amide bonds. The van der Waals surface area contributed by atoms with E-state index in [1.807, 2.05) is 41.0 Å². The maximum Gasteiger partial charge on any atom is 0.196 e. The van der Waals surface area contributed by atoms with E-state index >= 15 is 0 Å². The van der Waals surface area contributed by atoms with E-state index in [1.165, 1.54) is 11.8 Å². The number of pyridine rings is 1. The Morgan fingerprint density at radius 2 is 1.83 bits per heavy atom. The molecule has 2 aromatic heterocycles. The molecule has 2 heterocycles. The predicted octanol–water partition coefficient (Wildman–Crippen LogP) is 4.05. The molecule has 122 valence electrons. The van der Waals surface area contributed by atoms with Crippen LogP contribution in [-0.2, 0) is 4.79 Å². The van der Waals surface area contributed by atoms with Gasteiger partial charge in [0, 0.05) is 40.8 Å². The van der Waals surface area contributed by atoms with Crippen molar-refractivity contribution in [1.82, 2.24) is 19.7 Å². The summed E-state index contributed by atoms with van der Waals surface area (Å²) in [5.41, 5.74) is 1.84. The van der Waals surface area contributed by atoms with Crippen LogP contribution in [0.15, 0.2) is 53.9 Å². The minimum absolute atomic E-state index is 0.161. The first-order valence-corrected chi connectivity index (χ1v) is 8.75. The SMILES string of the molecule is CC(=O)CCSc1nnc(-c2ccncc2)n1-c1ccc(Cl)cc1. The molecular formula is C17H15ClN4OS. The van der Waals surface area contributed by atoms with E-state index in [-0.39, 0.29) is 5.78 Å². The summed E-state index contributed by atoms with van der Waals surface area (Å²) >= 11 is 7.51. The first-order valence-electron chi connectivity index (χ1n) is 7.39. The topological polar surface area (TPSA) is 60.7 Å². The third-order valence-electron chi connectivity index (χ3n) is 3.34. The first kappa shape index (κ1) is 16.7. The Labute approximate surface area is 149 Å². The van der Waals surface area contributed by atoms with Crippen LogP contribution in [0.1, 0.15) is 13.3 Å². The number of Topliss-reactive ketones (excluding diaryl/α,β-unsaturated/α-hetero) is 1. The summed E-state index contributed by atoms with van der Waals surface area (Å²) in [6.07, 6.45) is 3.94. The van der Waals surface area contributed by atoms with Crippen molar-refractivity contribution in [3.8, 4) is 17.1 Å². The zero-order chi connectivity index (χ0) is 16.9. The van der Waals surface area contributed by atoms with Gasteiger partial charge in [-0.1, -0.05) is 23.4 Å². The first-order chi connectivity index (χ1) is 11.6. The number of benzene rings is 1. The Bertz CT molecular complexity index is 834. The van der Waals surface area contributed by atoms with Crippen molar-refractivity contribution in [3.05, 3.63) is 53.8 Å². The van der Waals surface area contributed by atoms with Crippen molar-refractivity contribution in [1.29, 1.82) is 0 Å². The number of hydrogen-bond donors (Lipinski definition) is 0. The van der Waals surface area contributed by atoms with Crippen molar-refractivity contribution < 1.29 is 4.79 Å². The van der Waals surface area contributed by atoms with Gasteiger partial charge < -0.3 is 0 Å². The predicted molar refractivity (Wildman–Crippen MR) is 95.6 cm³/mol. The summed E-state index contributed by atoms with van der Waals surface area (Å²) in [5, 5.41) is 10.0. The number of hydrogen-bond acceptors (Lipinski definition) is 5. The average molecular weight is 359 g/mol. The second-order valence-corrected chi connectivity index (χ2v) is 6.65. The third-order valence-corrected chi connectivity index (χ3v) is 4.52. The van der Waals surface area contributed by atoms with Crippen molar-refractivity contribution in [2.45, 2.75) is 18.5 Å². The molecule has 5 nitrogen and oxygen atoms in total. The van der Waals surface area contributed by atoms with Crippen molar-refractivity contribution in [3.63, 3.8) is 0 Å². The van der Waals surface area contributed by atoms with Gasteiger partial charge in [0.15, 0.2) is 11.0 Å². The fourth-order valence-electron chi connectivity index (χ4n) is 2.16. The summed E-state index contributed by atoms with van der Waals surface area (Å²) in [4.78, 5) is 15.2. The lowest BCUT2D eigenvalue weighted by molar-refractivity contribution is -0.116. The Hall–Kier alpha value is -2.18. The number of ketones is 1. The second-order valence-electron chi connectivity index (χ2n) is 5.15. The number of aromatic nitrogens is 4. The van der Waals surface area contributed by atoms with Crippen LogP contribution in [0.2, 0.25) is 5.02 Å². The van der Waals surface area contributed by atoms with Gasteiger partial charge in [0.2, 0.25) is 0 Å². The highest BCUT2D eigenvalue weighted by atomic mass is 35.5. The lowest BCUT2D eigenvalue weighted by Crippen LogP contribution is -2.00. The van der Waals surface area contributed by atoms with E-state index in [0.29, 0.717) is 17.2 Å². The van der Waals surface area contributed by atoms with Gasteiger partial charge in [-0.25, -0.2) is 0 Å². The molecule has 0 spiro atoms. The average Bonchev–Trinajstić information content (AvgIpc) is 3.00. The molecule has 0 saturated heterocycles. The lowest BCUT2D eigenvalue weighted by atomic mass is 10.2. The summed E-state index contributed by atoms with van der Waals surface area (Å²) in [6, 6.07) is 11.3. The molecule has 24 heavy (non-hydrogen) atoms. The second kappa shape index (κ2) is 7.59. The molecular weight excluding hydrogens is 344 g/mol. The number of thioether (sulfide) groups is 1. The normalized spacial score (nSPS) is 10.8. The van der Waals surface area contributed by atoms with Crippen molar-refractivity contribution in [2.75, 3.05) is 5.75 Å². The smallest absolute Gasteiger partial charge is 0.196 e. The van der Waals surface area contributed by atoms with E-state index in [9.17, 15) is 4.79 Å². The molecule has 0 saturated carbocycles. The minimum atomic E-state index is 0.161. The van der Waals surface area contributed by atoms with E-state index < -0.39 is 0 Å². The fourth-order valence-corrected chi connectivity index (χ4v) is 3.28. The summed E-state index contributed by atoms with van der Waals surface area (Å²) in [5.74, 6) is 1.55. The number of rotatable bonds is 6. The van der Waals surface area contributed by atoms with Crippen LogP contribution < -0.4 is 0 Å². The van der Waals surface area contributed by atoms with Gasteiger partial charge >= 0.3 is 0 Å². The van der Waals surface area contributed by atoms with Crippen LogP contribution in [0, 0.1) is 0 Å². The van der Waals surface area contributed by atoms with Crippen LogP contribution in [-0.4, -0.2) is 31.3 Å². The zero-order valence-electron chi connectivity index (χ0n) is 13.0. The van der Waals surface area contributed by atoms with Crippen molar-refractivity contribution in [2.24, 2.45) is 0 Å². The maximum absolute atomic E-state index is 11.2. The Morgan fingerprint density at radius 3 is 2.50 bits per heavy atom. The Morgan fingerprint density at radius 1 is 1.12 bits per heavy atom. The molecule has 0 bridgehead atoms. The van der Waals surface area contributed by atoms with Gasteiger partial charge in [0.25, 0.3) is 0 Å². The highest BCUT2D eigenvalue weighted by molar-refractivity contribution is 7.99. The maximum atomic E-state index is 11.2. The molecule has 0 atom stereocenters. The minimum Gasteiger partial charge on any atom is -0.300 e. The summed E-state index contributed by atoms with van der Waals surface area (Å²) < 4.78 is 1.97. The molecule has 7 heteroatoms. The highest BCUT2D eigenvalue weighted by Crippen LogP contribution is 2.28. The molecule has 0 aliphatic heterocycles. The fraction of sp³-hybridized carbons (Fsp3) is 0.176. The van der Waals surface area contributed by atoms with Crippen LogP contribution in [0.3, 0.4) is 0 Å². The lowest BCUT2D eigenvalue weighted by Gasteiger charge is -2.10. The number of carbonyl (C=O) groups excluding carboxylic acids is 1. The van der Waals surface area contributed by atoms with Gasteiger partial charge in [-0.3, -0.25) is 14.3 Å². The van der Waals surface area contributed by atoms with E-state index in [0.717, 1.165) is 22.2 Å². The van der Waals surface area contributed by atoms with E-state index in [4.69, 9.17) is 11.6 Å². The monoisotopic (exact) mass is 358 g/mol. The molecule has 3 aromatic rings. The highest BCUT2D eigenvalue weighted by Gasteiger charge is 2.16. The third kappa shape index (κ3) is 3.83. The molecule has 0 radical (unpaired) electrons. The van der Waals surface area contributed by atoms with Gasteiger partial charge in [0.1, 0.15) is 5.78 Å². The molecule has 0 unspecified atom stereocenters. The zero-order valence-corrected chi connectivity index (χ0v) is 14.6.